The van der Waals surface area contributed by atoms with E-state index in [4.69, 9.17) is 9.84 Å². The number of aromatic carboxylic acids is 1. The van der Waals surface area contributed by atoms with E-state index in [1.165, 1.54) is 0 Å². The number of hydrogen-bond donors (Lipinski definition) is 2. The monoisotopic (exact) mass is 238 g/mol. The number of H-pyrrole nitrogens is 1. The van der Waals surface area contributed by atoms with Crippen LogP contribution in [-0.2, 0) is 17.6 Å². The van der Waals surface area contributed by atoms with Crippen LogP contribution in [0.2, 0.25) is 0 Å². The second-order valence-corrected chi connectivity index (χ2v) is 4.42. The molecule has 1 aromatic rings. The van der Waals surface area contributed by atoms with E-state index in [0.29, 0.717) is 6.42 Å². The molecule has 1 heterocycles. The number of carboxylic acid groups (broad SMARTS) is 1. The van der Waals surface area contributed by atoms with Crippen molar-refractivity contribution in [2.24, 2.45) is 0 Å². The van der Waals surface area contributed by atoms with E-state index in [1.54, 1.807) is 0 Å². The lowest BCUT2D eigenvalue weighted by Crippen LogP contribution is -2.23. The van der Waals surface area contributed by atoms with Gasteiger partial charge in [0.15, 0.2) is 5.69 Å². The number of ether oxygens (including phenoxy) is 1. The highest BCUT2D eigenvalue weighted by molar-refractivity contribution is 5.87. The zero-order valence-corrected chi connectivity index (χ0v) is 10.0. The highest BCUT2D eigenvalue weighted by Crippen LogP contribution is 2.24. The van der Waals surface area contributed by atoms with Gasteiger partial charge in [-0.15, -0.1) is 0 Å². The quantitative estimate of drug-likeness (QED) is 0.767. The number of fused-ring (bicyclic) bond motifs is 1. The van der Waals surface area contributed by atoms with Crippen LogP contribution in [0.1, 0.15) is 47.9 Å². The summed E-state index contributed by atoms with van der Waals surface area (Å²) in [7, 11) is 0. The summed E-state index contributed by atoms with van der Waals surface area (Å²) in [6.45, 7) is 2.89. The molecule has 5 nitrogen and oxygen atoms in total. The first-order valence-electron chi connectivity index (χ1n) is 6.13. The SMILES string of the molecule is CCCCOC1CCc2[nH]nc(C(=O)O)c2C1. The molecule has 0 amide bonds. The standard InChI is InChI=1S/C12H18N2O3/c1-2-3-6-17-8-4-5-10-9(7-8)11(12(15)16)14-13-10/h8H,2-7H2,1H3,(H,13,14)(H,15,16). The van der Waals surface area contributed by atoms with Crippen molar-refractivity contribution in [1.82, 2.24) is 10.2 Å². The summed E-state index contributed by atoms with van der Waals surface area (Å²) in [6.07, 6.45) is 4.75. The Hall–Kier alpha value is -1.36. The Balaban J connectivity index is 2.01. The molecule has 2 N–H and O–H groups in total. The number of carboxylic acids is 1. The van der Waals surface area contributed by atoms with Crippen LogP contribution >= 0.6 is 0 Å². The summed E-state index contributed by atoms with van der Waals surface area (Å²) in [5.41, 5.74) is 1.94. The molecule has 1 aromatic heterocycles. The summed E-state index contributed by atoms with van der Waals surface area (Å²) in [5, 5.41) is 15.7. The molecule has 0 radical (unpaired) electrons. The number of nitrogens with one attached hydrogen (secondary N) is 1. The third-order valence-corrected chi connectivity index (χ3v) is 3.15. The molecule has 1 unspecified atom stereocenters. The Morgan fingerprint density at radius 3 is 3.18 bits per heavy atom. The molecular formula is C12H18N2O3. The van der Waals surface area contributed by atoms with Gasteiger partial charge < -0.3 is 9.84 Å². The predicted octanol–water partition coefficient (Wildman–Crippen LogP) is 1.78. The first-order valence-corrected chi connectivity index (χ1v) is 6.13. The summed E-state index contributed by atoms with van der Waals surface area (Å²) in [6, 6.07) is 0. The zero-order valence-electron chi connectivity index (χ0n) is 10.0. The van der Waals surface area contributed by atoms with Crippen LogP contribution in [0.25, 0.3) is 0 Å². The van der Waals surface area contributed by atoms with Gasteiger partial charge in [0.05, 0.1) is 6.10 Å². The van der Waals surface area contributed by atoms with Crippen LogP contribution in [-0.4, -0.2) is 34.0 Å². The minimum Gasteiger partial charge on any atom is -0.476 e. The van der Waals surface area contributed by atoms with Crippen molar-refractivity contribution in [3.63, 3.8) is 0 Å². The summed E-state index contributed by atoms with van der Waals surface area (Å²) < 4.78 is 5.75. The number of unbranched alkanes of at least 4 members (excludes halogenated alkanes) is 1. The third-order valence-electron chi connectivity index (χ3n) is 3.15. The van der Waals surface area contributed by atoms with Crippen molar-refractivity contribution in [2.45, 2.75) is 45.1 Å². The molecule has 1 atom stereocenters. The van der Waals surface area contributed by atoms with Crippen LogP contribution in [0.15, 0.2) is 0 Å². The number of carbonyl (C=O) groups is 1. The van der Waals surface area contributed by atoms with E-state index in [9.17, 15) is 4.79 Å². The fourth-order valence-corrected chi connectivity index (χ4v) is 2.18. The number of aromatic nitrogens is 2. The number of hydrogen-bond acceptors (Lipinski definition) is 3. The van der Waals surface area contributed by atoms with Gasteiger partial charge in [0.2, 0.25) is 0 Å². The van der Waals surface area contributed by atoms with Crippen LogP contribution in [0, 0.1) is 0 Å². The van der Waals surface area contributed by atoms with E-state index in [0.717, 1.165) is 43.5 Å². The average Bonchev–Trinajstić information content (AvgIpc) is 2.72. The van der Waals surface area contributed by atoms with Gasteiger partial charge in [-0.3, -0.25) is 5.10 Å². The lowest BCUT2D eigenvalue weighted by molar-refractivity contribution is 0.0419. The molecule has 2 rings (SSSR count). The fraction of sp³-hybridized carbons (Fsp3) is 0.667. The second-order valence-electron chi connectivity index (χ2n) is 4.42. The van der Waals surface area contributed by atoms with Gasteiger partial charge in [0.25, 0.3) is 0 Å². The maximum atomic E-state index is 11.0. The van der Waals surface area contributed by atoms with Crippen LogP contribution in [0.5, 0.6) is 0 Å². The van der Waals surface area contributed by atoms with Gasteiger partial charge in [0, 0.05) is 24.3 Å². The number of aromatic amines is 1. The van der Waals surface area contributed by atoms with Gasteiger partial charge >= 0.3 is 5.97 Å². The lowest BCUT2D eigenvalue weighted by Gasteiger charge is -2.22. The van der Waals surface area contributed by atoms with Crippen molar-refractivity contribution in [1.29, 1.82) is 0 Å². The van der Waals surface area contributed by atoms with Crippen LogP contribution in [0.3, 0.4) is 0 Å². The molecule has 1 aliphatic rings. The van der Waals surface area contributed by atoms with Gasteiger partial charge in [-0.05, 0) is 19.3 Å². The van der Waals surface area contributed by atoms with Crippen molar-refractivity contribution >= 4 is 5.97 Å². The molecule has 94 valence electrons. The second kappa shape index (κ2) is 5.31. The minimum atomic E-state index is -0.961. The molecule has 0 saturated heterocycles. The molecule has 0 aliphatic heterocycles. The highest BCUT2D eigenvalue weighted by Gasteiger charge is 2.26. The molecular weight excluding hydrogens is 220 g/mol. The molecule has 5 heteroatoms. The Kier molecular flexibility index (Phi) is 3.78. The molecule has 0 fully saturated rings. The van der Waals surface area contributed by atoms with E-state index in [2.05, 4.69) is 17.1 Å². The molecule has 0 aromatic carbocycles. The minimum absolute atomic E-state index is 0.143. The van der Waals surface area contributed by atoms with Gasteiger partial charge in [0.1, 0.15) is 0 Å². The van der Waals surface area contributed by atoms with E-state index in [1.807, 2.05) is 0 Å². The van der Waals surface area contributed by atoms with Crippen molar-refractivity contribution in [3.05, 3.63) is 17.0 Å². The molecule has 0 saturated carbocycles. The van der Waals surface area contributed by atoms with Gasteiger partial charge in [-0.2, -0.15) is 5.10 Å². The largest absolute Gasteiger partial charge is 0.476 e. The first kappa shape index (κ1) is 12.1. The van der Waals surface area contributed by atoms with E-state index < -0.39 is 5.97 Å². The van der Waals surface area contributed by atoms with Crippen molar-refractivity contribution in [3.8, 4) is 0 Å². The number of nitrogens with zero attached hydrogens (tertiary/aromatic N) is 1. The number of aryl methyl sites for hydroxylation is 1. The molecule has 17 heavy (non-hydrogen) atoms. The summed E-state index contributed by atoms with van der Waals surface area (Å²) in [5.74, 6) is -0.961. The maximum absolute atomic E-state index is 11.0. The number of rotatable bonds is 5. The topological polar surface area (TPSA) is 75.2 Å². The van der Waals surface area contributed by atoms with Crippen LogP contribution in [0.4, 0.5) is 0 Å². The molecule has 0 spiro atoms. The Morgan fingerprint density at radius 1 is 1.65 bits per heavy atom. The zero-order chi connectivity index (χ0) is 12.3. The Morgan fingerprint density at radius 2 is 2.47 bits per heavy atom. The summed E-state index contributed by atoms with van der Waals surface area (Å²) >= 11 is 0. The summed E-state index contributed by atoms with van der Waals surface area (Å²) in [4.78, 5) is 11.0. The third kappa shape index (κ3) is 2.66. The normalized spacial score (nSPS) is 19.0. The predicted molar refractivity (Wildman–Crippen MR) is 62.2 cm³/mol. The lowest BCUT2D eigenvalue weighted by atomic mass is 9.93. The van der Waals surface area contributed by atoms with E-state index >= 15 is 0 Å². The molecule has 0 bridgehead atoms. The first-order chi connectivity index (χ1) is 8.22. The van der Waals surface area contributed by atoms with E-state index in [-0.39, 0.29) is 11.8 Å². The average molecular weight is 238 g/mol. The maximum Gasteiger partial charge on any atom is 0.356 e. The van der Waals surface area contributed by atoms with Crippen molar-refractivity contribution < 1.29 is 14.6 Å². The smallest absolute Gasteiger partial charge is 0.356 e. The Bertz CT molecular complexity index is 400. The van der Waals surface area contributed by atoms with Crippen LogP contribution < -0.4 is 0 Å². The molecule has 1 aliphatic carbocycles. The highest BCUT2D eigenvalue weighted by atomic mass is 16.5. The fourth-order valence-electron chi connectivity index (χ4n) is 2.18. The van der Waals surface area contributed by atoms with Crippen molar-refractivity contribution in [2.75, 3.05) is 6.61 Å². The van der Waals surface area contributed by atoms with Gasteiger partial charge in [-0.1, -0.05) is 13.3 Å². The van der Waals surface area contributed by atoms with Gasteiger partial charge in [-0.25, -0.2) is 4.79 Å². The Labute approximate surface area is 100 Å².